The molecule has 0 saturated carbocycles. The maximum Gasteiger partial charge on any atom is 0.111 e. The fourth-order valence-electron chi connectivity index (χ4n) is 1.00. The van der Waals surface area contributed by atoms with E-state index in [-0.39, 0.29) is 6.04 Å². The fraction of sp³-hybridized carbons (Fsp3) is 0.300. The SMILES string of the molecule is Cc1ccccc1NC(C)C#N. The van der Waals surface area contributed by atoms with Gasteiger partial charge < -0.3 is 5.32 Å². The Bertz CT molecular complexity index is 299. The molecule has 0 aliphatic rings. The predicted molar refractivity (Wildman–Crippen MR) is 49.9 cm³/mol. The molecule has 0 aliphatic heterocycles. The minimum Gasteiger partial charge on any atom is -0.370 e. The Morgan fingerprint density at radius 3 is 2.67 bits per heavy atom. The van der Waals surface area contributed by atoms with E-state index in [1.54, 1.807) is 0 Å². The lowest BCUT2D eigenvalue weighted by Gasteiger charge is -2.09. The first-order valence-corrected chi connectivity index (χ1v) is 3.96. The van der Waals surface area contributed by atoms with E-state index in [1.165, 1.54) is 5.56 Å². The summed E-state index contributed by atoms with van der Waals surface area (Å²) in [6, 6.07) is 9.93. The number of para-hydroxylation sites is 1. The number of nitrogens with zero attached hydrogens (tertiary/aromatic N) is 1. The topological polar surface area (TPSA) is 35.8 Å². The van der Waals surface area contributed by atoms with Gasteiger partial charge in [0.05, 0.1) is 6.07 Å². The van der Waals surface area contributed by atoms with Crippen LogP contribution in [0.15, 0.2) is 24.3 Å². The van der Waals surface area contributed by atoms with Crippen molar-refractivity contribution >= 4 is 5.69 Å². The number of hydrogen-bond donors (Lipinski definition) is 1. The van der Waals surface area contributed by atoms with E-state index in [0.29, 0.717) is 0 Å². The molecule has 0 saturated heterocycles. The van der Waals surface area contributed by atoms with E-state index >= 15 is 0 Å². The lowest BCUT2D eigenvalue weighted by atomic mass is 10.2. The van der Waals surface area contributed by atoms with E-state index in [2.05, 4.69) is 11.4 Å². The molecule has 0 amide bonds. The first-order chi connectivity index (χ1) is 5.74. The number of aryl methyl sites for hydroxylation is 1. The van der Waals surface area contributed by atoms with Gasteiger partial charge >= 0.3 is 0 Å². The number of rotatable bonds is 2. The Balaban J connectivity index is 2.77. The van der Waals surface area contributed by atoms with Crippen molar-refractivity contribution in [3.05, 3.63) is 29.8 Å². The summed E-state index contributed by atoms with van der Waals surface area (Å²) >= 11 is 0. The molecule has 0 fully saturated rings. The number of benzene rings is 1. The summed E-state index contributed by atoms with van der Waals surface area (Å²) in [5, 5.41) is 11.7. The van der Waals surface area contributed by atoms with Gasteiger partial charge in [0.25, 0.3) is 0 Å². The molecule has 1 aromatic carbocycles. The molecule has 1 aromatic rings. The number of hydrogen-bond acceptors (Lipinski definition) is 2. The Kier molecular flexibility index (Phi) is 2.71. The average Bonchev–Trinajstić information content (AvgIpc) is 2.09. The summed E-state index contributed by atoms with van der Waals surface area (Å²) in [6.45, 7) is 3.86. The summed E-state index contributed by atoms with van der Waals surface area (Å²) < 4.78 is 0. The van der Waals surface area contributed by atoms with E-state index in [9.17, 15) is 0 Å². The molecular formula is C10H12N2. The maximum absolute atomic E-state index is 8.57. The second-order valence-corrected chi connectivity index (χ2v) is 2.81. The first-order valence-electron chi connectivity index (χ1n) is 3.96. The molecule has 2 heteroatoms. The summed E-state index contributed by atoms with van der Waals surface area (Å²) in [5.74, 6) is 0. The highest BCUT2D eigenvalue weighted by Gasteiger charge is 2.00. The first kappa shape index (κ1) is 8.61. The molecule has 62 valence electrons. The third-order valence-corrected chi connectivity index (χ3v) is 1.71. The van der Waals surface area contributed by atoms with Crippen molar-refractivity contribution < 1.29 is 0 Å². The zero-order valence-electron chi connectivity index (χ0n) is 7.33. The zero-order chi connectivity index (χ0) is 8.97. The Hall–Kier alpha value is -1.49. The van der Waals surface area contributed by atoms with Crippen LogP contribution in [0.2, 0.25) is 0 Å². The average molecular weight is 160 g/mol. The molecule has 1 rings (SSSR count). The van der Waals surface area contributed by atoms with Crippen molar-refractivity contribution in [2.75, 3.05) is 5.32 Å². The molecule has 2 nitrogen and oxygen atoms in total. The Morgan fingerprint density at radius 2 is 2.08 bits per heavy atom. The van der Waals surface area contributed by atoms with Gasteiger partial charge in [-0.05, 0) is 25.5 Å². The van der Waals surface area contributed by atoms with Crippen LogP contribution in [0.1, 0.15) is 12.5 Å². The maximum atomic E-state index is 8.57. The molecule has 0 radical (unpaired) electrons. The van der Waals surface area contributed by atoms with Crippen LogP contribution >= 0.6 is 0 Å². The van der Waals surface area contributed by atoms with E-state index in [1.807, 2.05) is 38.1 Å². The molecule has 0 heterocycles. The summed E-state index contributed by atoms with van der Waals surface area (Å²) in [7, 11) is 0. The second kappa shape index (κ2) is 3.77. The minimum absolute atomic E-state index is 0.133. The van der Waals surface area contributed by atoms with E-state index in [0.717, 1.165) is 5.69 Å². The lowest BCUT2D eigenvalue weighted by molar-refractivity contribution is 1.01. The largest absolute Gasteiger partial charge is 0.370 e. The van der Waals surface area contributed by atoms with Gasteiger partial charge in [0.2, 0.25) is 0 Å². The second-order valence-electron chi connectivity index (χ2n) is 2.81. The minimum atomic E-state index is -0.133. The van der Waals surface area contributed by atoms with E-state index in [4.69, 9.17) is 5.26 Å². The zero-order valence-corrected chi connectivity index (χ0v) is 7.33. The molecule has 0 aliphatic carbocycles. The van der Waals surface area contributed by atoms with Crippen LogP contribution in [-0.4, -0.2) is 6.04 Å². The molecule has 1 unspecified atom stereocenters. The Morgan fingerprint density at radius 1 is 1.42 bits per heavy atom. The van der Waals surface area contributed by atoms with Gasteiger partial charge in [-0.25, -0.2) is 0 Å². The van der Waals surface area contributed by atoms with Gasteiger partial charge in [0.1, 0.15) is 6.04 Å². The van der Waals surface area contributed by atoms with Crippen molar-refractivity contribution in [2.24, 2.45) is 0 Å². The quantitative estimate of drug-likeness (QED) is 0.720. The third-order valence-electron chi connectivity index (χ3n) is 1.71. The van der Waals surface area contributed by atoms with Crippen LogP contribution in [0.25, 0.3) is 0 Å². The monoisotopic (exact) mass is 160 g/mol. The van der Waals surface area contributed by atoms with E-state index < -0.39 is 0 Å². The summed E-state index contributed by atoms with van der Waals surface area (Å²) in [5.41, 5.74) is 2.20. The highest BCUT2D eigenvalue weighted by atomic mass is 14.9. The van der Waals surface area contributed by atoms with Gasteiger partial charge in [0, 0.05) is 5.69 Å². The summed E-state index contributed by atoms with van der Waals surface area (Å²) in [6.07, 6.45) is 0. The smallest absolute Gasteiger partial charge is 0.111 e. The van der Waals surface area contributed by atoms with Crippen molar-refractivity contribution in [2.45, 2.75) is 19.9 Å². The van der Waals surface area contributed by atoms with Crippen molar-refractivity contribution in [3.8, 4) is 6.07 Å². The molecule has 0 aromatic heterocycles. The number of nitrogens with one attached hydrogen (secondary N) is 1. The van der Waals surface area contributed by atoms with Crippen LogP contribution in [-0.2, 0) is 0 Å². The molecule has 1 N–H and O–H groups in total. The van der Waals surface area contributed by atoms with Crippen molar-refractivity contribution in [3.63, 3.8) is 0 Å². The predicted octanol–water partition coefficient (Wildman–Crippen LogP) is 2.32. The number of anilines is 1. The lowest BCUT2D eigenvalue weighted by Crippen LogP contribution is -2.12. The van der Waals surface area contributed by atoms with Crippen LogP contribution in [0.4, 0.5) is 5.69 Å². The van der Waals surface area contributed by atoms with Gasteiger partial charge in [-0.3, -0.25) is 0 Å². The van der Waals surface area contributed by atoms with Crippen molar-refractivity contribution in [1.82, 2.24) is 0 Å². The Labute approximate surface area is 72.8 Å². The highest BCUT2D eigenvalue weighted by molar-refractivity contribution is 5.51. The molecule has 12 heavy (non-hydrogen) atoms. The fourth-order valence-corrected chi connectivity index (χ4v) is 1.00. The molecule has 1 atom stereocenters. The highest BCUT2D eigenvalue weighted by Crippen LogP contribution is 2.13. The molecule has 0 bridgehead atoms. The van der Waals surface area contributed by atoms with Gasteiger partial charge in [-0.2, -0.15) is 5.26 Å². The van der Waals surface area contributed by atoms with Crippen LogP contribution in [0.3, 0.4) is 0 Å². The van der Waals surface area contributed by atoms with Gasteiger partial charge in [0.15, 0.2) is 0 Å². The van der Waals surface area contributed by atoms with Crippen LogP contribution < -0.4 is 5.32 Å². The van der Waals surface area contributed by atoms with Gasteiger partial charge in [-0.15, -0.1) is 0 Å². The summed E-state index contributed by atoms with van der Waals surface area (Å²) in [4.78, 5) is 0. The van der Waals surface area contributed by atoms with Crippen molar-refractivity contribution in [1.29, 1.82) is 5.26 Å². The molecule has 0 spiro atoms. The third kappa shape index (κ3) is 2.00. The number of nitriles is 1. The van der Waals surface area contributed by atoms with Crippen LogP contribution in [0, 0.1) is 18.3 Å². The normalized spacial score (nSPS) is 11.8. The molecular weight excluding hydrogens is 148 g/mol. The standard InChI is InChI=1S/C10H12N2/c1-8-5-3-4-6-10(8)12-9(2)7-11/h3-6,9,12H,1-2H3. The van der Waals surface area contributed by atoms with Crippen LogP contribution in [0.5, 0.6) is 0 Å². The van der Waals surface area contributed by atoms with Gasteiger partial charge in [-0.1, -0.05) is 18.2 Å².